The number of carbonyl (C=O) groups excluding carboxylic acids is 1. The number of anilines is 1. The number of benzene rings is 2. The summed E-state index contributed by atoms with van der Waals surface area (Å²) in [5.41, 5.74) is -0.821. The topological polar surface area (TPSA) is 63.0 Å². The zero-order valence-corrected chi connectivity index (χ0v) is 17.3. The molecule has 2 heterocycles. The molecular weight excluding hydrogens is 425 g/mol. The van der Waals surface area contributed by atoms with E-state index in [1.54, 1.807) is 29.2 Å². The second kappa shape index (κ2) is 8.57. The van der Waals surface area contributed by atoms with E-state index in [2.05, 4.69) is 0 Å². The number of fused-ring (bicyclic) bond motifs is 1. The molecule has 0 unspecified atom stereocenters. The highest BCUT2D eigenvalue weighted by molar-refractivity contribution is 6.05. The van der Waals surface area contributed by atoms with E-state index in [0.29, 0.717) is 17.7 Å². The van der Waals surface area contributed by atoms with Gasteiger partial charge in [0.25, 0.3) is 5.91 Å². The zero-order valence-electron chi connectivity index (χ0n) is 17.3. The summed E-state index contributed by atoms with van der Waals surface area (Å²) in [5, 5.41) is 0.475. The molecule has 1 saturated heterocycles. The van der Waals surface area contributed by atoms with Crippen LogP contribution in [0, 0.1) is 0 Å². The molecule has 0 N–H and O–H groups in total. The molecule has 2 aromatic carbocycles. The van der Waals surface area contributed by atoms with Gasteiger partial charge in [-0.3, -0.25) is 4.79 Å². The van der Waals surface area contributed by atoms with Crippen molar-refractivity contribution in [2.75, 3.05) is 37.7 Å². The average Bonchev–Trinajstić information content (AvgIpc) is 2.77. The van der Waals surface area contributed by atoms with Gasteiger partial charge in [0.05, 0.1) is 17.7 Å². The van der Waals surface area contributed by atoms with E-state index in [-0.39, 0.29) is 48.9 Å². The number of ether oxygens (including phenoxy) is 1. The average molecular weight is 446 g/mol. The first kappa shape index (κ1) is 21.7. The van der Waals surface area contributed by atoms with Crippen LogP contribution in [-0.2, 0) is 6.18 Å². The first-order chi connectivity index (χ1) is 15.3. The number of hydrogen-bond donors (Lipinski definition) is 0. The van der Waals surface area contributed by atoms with Gasteiger partial charge < -0.3 is 19.0 Å². The molecule has 1 fully saturated rings. The normalized spacial score (nSPS) is 14.6. The largest absolute Gasteiger partial charge is 0.494 e. The predicted molar refractivity (Wildman–Crippen MR) is 113 cm³/mol. The molecule has 168 valence electrons. The van der Waals surface area contributed by atoms with Crippen molar-refractivity contribution >= 4 is 22.6 Å². The van der Waals surface area contributed by atoms with Crippen molar-refractivity contribution in [3.63, 3.8) is 0 Å². The van der Waals surface area contributed by atoms with Crippen molar-refractivity contribution in [2.45, 2.75) is 13.1 Å². The quantitative estimate of drug-likeness (QED) is 0.563. The number of hydrogen-bond acceptors (Lipinski definition) is 5. The Morgan fingerprint density at radius 3 is 2.47 bits per heavy atom. The molecule has 32 heavy (non-hydrogen) atoms. The van der Waals surface area contributed by atoms with Gasteiger partial charge >= 0.3 is 11.8 Å². The van der Waals surface area contributed by atoms with Gasteiger partial charge in [-0.15, -0.1) is 0 Å². The van der Waals surface area contributed by atoms with Gasteiger partial charge in [-0.2, -0.15) is 13.2 Å². The maximum Gasteiger partial charge on any atom is 0.418 e. The molecule has 0 bridgehead atoms. The predicted octanol–water partition coefficient (Wildman–Crippen LogP) is 4.17. The van der Waals surface area contributed by atoms with Crippen molar-refractivity contribution in [1.82, 2.24) is 4.90 Å². The SMILES string of the molecule is CCOc1ccc2c(C(=O)N3CCN(c4ccccc4C(F)(F)F)CC3)cc(=O)oc2c1. The lowest BCUT2D eigenvalue weighted by Crippen LogP contribution is -2.49. The van der Waals surface area contributed by atoms with Crippen molar-refractivity contribution in [1.29, 1.82) is 0 Å². The molecule has 1 aliphatic rings. The second-order valence-corrected chi connectivity index (χ2v) is 7.36. The fourth-order valence-electron chi connectivity index (χ4n) is 3.89. The van der Waals surface area contributed by atoms with Crippen LogP contribution in [0.2, 0.25) is 0 Å². The number of piperazine rings is 1. The molecule has 9 heteroatoms. The van der Waals surface area contributed by atoms with Gasteiger partial charge in [0.15, 0.2) is 0 Å². The smallest absolute Gasteiger partial charge is 0.418 e. The molecule has 4 rings (SSSR count). The van der Waals surface area contributed by atoms with Gasteiger partial charge in [0, 0.05) is 49.4 Å². The van der Waals surface area contributed by atoms with Gasteiger partial charge in [0.2, 0.25) is 0 Å². The summed E-state index contributed by atoms with van der Waals surface area (Å²) in [4.78, 5) is 28.4. The first-order valence-electron chi connectivity index (χ1n) is 10.2. The van der Waals surface area contributed by atoms with Crippen LogP contribution in [0.3, 0.4) is 0 Å². The standard InChI is InChI=1S/C23H21F3N2O4/c1-2-31-15-7-8-16-17(14-21(29)32-20(16)13-15)22(30)28-11-9-27(10-12-28)19-6-4-3-5-18(19)23(24,25)26/h3-8,13-14H,2,9-12H2,1H3. The zero-order chi connectivity index (χ0) is 22.9. The highest BCUT2D eigenvalue weighted by Crippen LogP contribution is 2.36. The molecule has 6 nitrogen and oxygen atoms in total. The van der Waals surface area contributed by atoms with E-state index in [9.17, 15) is 22.8 Å². The minimum absolute atomic E-state index is 0.0985. The lowest BCUT2D eigenvalue weighted by atomic mass is 10.1. The number of halogens is 3. The Kier molecular flexibility index (Phi) is 5.82. The minimum Gasteiger partial charge on any atom is -0.494 e. The van der Waals surface area contributed by atoms with Gasteiger partial charge in [0.1, 0.15) is 11.3 Å². The molecule has 3 aromatic rings. The highest BCUT2D eigenvalue weighted by atomic mass is 19.4. The number of rotatable bonds is 4. The molecule has 0 aliphatic carbocycles. The van der Waals surface area contributed by atoms with Crippen molar-refractivity contribution in [2.24, 2.45) is 0 Å². The van der Waals surface area contributed by atoms with Gasteiger partial charge in [-0.25, -0.2) is 4.79 Å². The fourth-order valence-corrected chi connectivity index (χ4v) is 3.89. The molecule has 0 radical (unpaired) electrons. The van der Waals surface area contributed by atoms with Crippen LogP contribution >= 0.6 is 0 Å². The van der Waals surface area contributed by atoms with E-state index >= 15 is 0 Å². The molecule has 1 aromatic heterocycles. The van der Waals surface area contributed by atoms with E-state index in [4.69, 9.17) is 9.15 Å². The van der Waals surface area contributed by atoms with Crippen LogP contribution in [0.25, 0.3) is 11.0 Å². The summed E-state index contributed by atoms with van der Waals surface area (Å²) >= 11 is 0. The summed E-state index contributed by atoms with van der Waals surface area (Å²) in [5.74, 6) is 0.153. The molecule has 0 saturated carbocycles. The van der Waals surface area contributed by atoms with Gasteiger partial charge in [-0.05, 0) is 31.2 Å². The Balaban J connectivity index is 1.56. The van der Waals surface area contributed by atoms with Crippen molar-refractivity contribution < 1.29 is 27.1 Å². The van der Waals surface area contributed by atoms with E-state index in [1.165, 1.54) is 17.0 Å². The third-order valence-electron chi connectivity index (χ3n) is 5.37. The minimum atomic E-state index is -4.46. The van der Waals surface area contributed by atoms with E-state index < -0.39 is 17.4 Å². The second-order valence-electron chi connectivity index (χ2n) is 7.36. The number of amides is 1. The van der Waals surface area contributed by atoms with Crippen LogP contribution in [0.15, 0.2) is 57.7 Å². The molecular formula is C23H21F3N2O4. The summed E-state index contributed by atoms with van der Waals surface area (Å²) in [6, 6.07) is 11.5. The highest BCUT2D eigenvalue weighted by Gasteiger charge is 2.35. The monoisotopic (exact) mass is 446 g/mol. The Bertz CT molecular complexity index is 1200. The Labute approximate surface area is 181 Å². The van der Waals surface area contributed by atoms with Crippen LogP contribution in [0.1, 0.15) is 22.8 Å². The Morgan fingerprint density at radius 2 is 1.78 bits per heavy atom. The number of nitrogens with zero attached hydrogens (tertiary/aromatic N) is 2. The molecule has 1 amide bonds. The van der Waals surface area contributed by atoms with E-state index in [1.807, 2.05) is 6.92 Å². The van der Waals surface area contributed by atoms with Crippen LogP contribution in [0.5, 0.6) is 5.75 Å². The summed E-state index contributed by atoms with van der Waals surface area (Å²) in [6.07, 6.45) is -4.46. The van der Waals surface area contributed by atoms with Crippen LogP contribution in [-0.4, -0.2) is 43.6 Å². The molecule has 0 spiro atoms. The third-order valence-corrected chi connectivity index (χ3v) is 5.37. The maximum atomic E-state index is 13.4. The number of para-hydroxylation sites is 1. The van der Waals surface area contributed by atoms with E-state index in [0.717, 1.165) is 12.1 Å². The third kappa shape index (κ3) is 4.28. The fraction of sp³-hybridized carbons (Fsp3) is 0.304. The van der Waals surface area contributed by atoms with Crippen LogP contribution in [0.4, 0.5) is 18.9 Å². The Morgan fingerprint density at radius 1 is 1.06 bits per heavy atom. The van der Waals surface area contributed by atoms with Crippen molar-refractivity contribution in [3.05, 3.63) is 70.1 Å². The number of carbonyl (C=O) groups is 1. The first-order valence-corrected chi connectivity index (χ1v) is 10.2. The lowest BCUT2D eigenvalue weighted by molar-refractivity contribution is -0.137. The van der Waals surface area contributed by atoms with Crippen LogP contribution < -0.4 is 15.3 Å². The molecule has 0 atom stereocenters. The van der Waals surface area contributed by atoms with Gasteiger partial charge in [-0.1, -0.05) is 12.1 Å². The number of alkyl halides is 3. The Hall–Kier alpha value is -3.49. The summed E-state index contributed by atoms with van der Waals surface area (Å²) in [6.45, 7) is 3.20. The summed E-state index contributed by atoms with van der Waals surface area (Å²) < 4.78 is 50.7. The maximum absolute atomic E-state index is 13.4. The van der Waals surface area contributed by atoms with Crippen molar-refractivity contribution in [3.8, 4) is 5.75 Å². The molecule has 1 aliphatic heterocycles. The summed E-state index contributed by atoms with van der Waals surface area (Å²) in [7, 11) is 0. The lowest BCUT2D eigenvalue weighted by Gasteiger charge is -2.37.